The van der Waals surface area contributed by atoms with Gasteiger partial charge < -0.3 is 30.8 Å². The molecule has 10 nitrogen and oxygen atoms in total. The van der Waals surface area contributed by atoms with E-state index in [4.69, 9.17) is 15.6 Å². The fourth-order valence-corrected chi connectivity index (χ4v) is 2.49. The van der Waals surface area contributed by atoms with E-state index in [0.29, 0.717) is 0 Å². The highest BCUT2D eigenvalue weighted by atomic mass is 16.5. The normalized spacial score (nSPS) is 29.3. The Morgan fingerprint density at radius 1 is 1.57 bits per heavy atom. The number of nitrogens with two attached hydrogens (primary N) is 1. The Morgan fingerprint density at radius 2 is 2.33 bits per heavy atom. The van der Waals surface area contributed by atoms with E-state index in [1.165, 1.54) is 6.33 Å². The number of hydrogen-bond donors (Lipinski definition) is 5. The summed E-state index contributed by atoms with van der Waals surface area (Å²) in [6, 6.07) is 0. The zero-order valence-corrected chi connectivity index (χ0v) is 10.9. The van der Waals surface area contributed by atoms with Gasteiger partial charge in [-0.2, -0.15) is 0 Å². The summed E-state index contributed by atoms with van der Waals surface area (Å²) >= 11 is 0. The summed E-state index contributed by atoms with van der Waals surface area (Å²) in [6.07, 6.45) is -1.41. The summed E-state index contributed by atoms with van der Waals surface area (Å²) in [7, 11) is 0. The number of aromatic amines is 1. The molecule has 0 saturated carbocycles. The molecule has 1 aliphatic rings. The van der Waals surface area contributed by atoms with Crippen LogP contribution in [0.1, 0.15) is 12.6 Å². The van der Waals surface area contributed by atoms with E-state index in [-0.39, 0.29) is 36.6 Å². The Labute approximate surface area is 117 Å². The second kappa shape index (κ2) is 4.77. The fourth-order valence-electron chi connectivity index (χ4n) is 2.49. The van der Waals surface area contributed by atoms with E-state index in [1.54, 1.807) is 0 Å². The van der Waals surface area contributed by atoms with E-state index < -0.39 is 23.6 Å². The topological polar surface area (TPSA) is 160 Å². The summed E-state index contributed by atoms with van der Waals surface area (Å²) in [5.41, 5.74) is 3.84. The summed E-state index contributed by atoms with van der Waals surface area (Å²) in [4.78, 5) is 22.3. The van der Waals surface area contributed by atoms with Gasteiger partial charge in [0.15, 0.2) is 17.7 Å². The van der Waals surface area contributed by atoms with Crippen LogP contribution in [0.5, 0.6) is 0 Å². The first-order valence-electron chi connectivity index (χ1n) is 6.31. The van der Waals surface area contributed by atoms with Crippen LogP contribution in [-0.4, -0.2) is 59.8 Å². The van der Waals surface area contributed by atoms with Crippen molar-refractivity contribution in [2.24, 2.45) is 0 Å². The number of nitrogens with zero attached hydrogens (tertiary/aromatic N) is 3. The standard InChI is InChI=1S/C11H15N5O5/c12-7-5-8(14-4-13-7)16(10(19)15-5)9-6(18)11(20,1-2-17)3-21-9/h4,6,9,17-18,20H,1-3H2,(H,15,19)(H2,12,13,14)/t6?,9-,11?/m1/s1. The van der Waals surface area contributed by atoms with Crippen LogP contribution >= 0.6 is 0 Å². The van der Waals surface area contributed by atoms with Gasteiger partial charge in [-0.3, -0.25) is 0 Å². The van der Waals surface area contributed by atoms with Crippen LogP contribution in [0.3, 0.4) is 0 Å². The molecule has 10 heteroatoms. The first-order chi connectivity index (χ1) is 9.98. The highest BCUT2D eigenvalue weighted by molar-refractivity contribution is 5.81. The lowest BCUT2D eigenvalue weighted by atomic mass is 9.95. The molecule has 2 aromatic heterocycles. The average Bonchev–Trinajstić information content (AvgIpc) is 2.91. The Morgan fingerprint density at radius 3 is 3.05 bits per heavy atom. The van der Waals surface area contributed by atoms with Crippen LogP contribution in [0.4, 0.5) is 5.82 Å². The third-order valence-corrected chi connectivity index (χ3v) is 3.66. The van der Waals surface area contributed by atoms with Crippen LogP contribution in [-0.2, 0) is 4.74 Å². The Kier molecular flexibility index (Phi) is 3.17. The largest absolute Gasteiger partial charge is 0.396 e. The zero-order valence-electron chi connectivity index (χ0n) is 10.9. The molecule has 3 atom stereocenters. The second-order valence-corrected chi connectivity index (χ2v) is 4.98. The molecule has 1 aliphatic heterocycles. The van der Waals surface area contributed by atoms with Crippen molar-refractivity contribution in [1.82, 2.24) is 19.5 Å². The smallest absolute Gasteiger partial charge is 0.330 e. The number of rotatable bonds is 3. The maximum Gasteiger partial charge on any atom is 0.330 e. The van der Waals surface area contributed by atoms with E-state index in [9.17, 15) is 15.0 Å². The molecule has 1 saturated heterocycles. The van der Waals surface area contributed by atoms with E-state index in [1.807, 2.05) is 0 Å². The number of aliphatic hydroxyl groups excluding tert-OH is 2. The third-order valence-electron chi connectivity index (χ3n) is 3.66. The van der Waals surface area contributed by atoms with Gasteiger partial charge in [0.2, 0.25) is 0 Å². The lowest BCUT2D eigenvalue weighted by molar-refractivity contribution is -0.0713. The zero-order chi connectivity index (χ0) is 15.2. The highest BCUT2D eigenvalue weighted by Crippen LogP contribution is 2.34. The second-order valence-electron chi connectivity index (χ2n) is 4.98. The van der Waals surface area contributed by atoms with Gasteiger partial charge in [0.25, 0.3) is 0 Å². The van der Waals surface area contributed by atoms with Gasteiger partial charge in [0.05, 0.1) is 6.61 Å². The van der Waals surface area contributed by atoms with Gasteiger partial charge in [0.1, 0.15) is 23.5 Å². The van der Waals surface area contributed by atoms with Gasteiger partial charge in [0, 0.05) is 13.0 Å². The molecule has 0 aromatic carbocycles. The SMILES string of the molecule is Nc1ncnc2c1[nH]c(=O)n2[C@@H]1OCC(O)(CCO)C1O. The Bertz CT molecular complexity index is 727. The van der Waals surface area contributed by atoms with Crippen LogP contribution in [0, 0.1) is 0 Å². The monoisotopic (exact) mass is 297 g/mol. The molecule has 0 aliphatic carbocycles. The van der Waals surface area contributed by atoms with Crippen LogP contribution in [0.15, 0.2) is 11.1 Å². The average molecular weight is 297 g/mol. The van der Waals surface area contributed by atoms with Crippen molar-refractivity contribution < 1.29 is 20.1 Å². The van der Waals surface area contributed by atoms with E-state index in [2.05, 4.69) is 15.0 Å². The molecule has 21 heavy (non-hydrogen) atoms. The number of imidazole rings is 1. The number of hydrogen-bond acceptors (Lipinski definition) is 8. The predicted octanol–water partition coefficient (Wildman–Crippen LogP) is -2.29. The van der Waals surface area contributed by atoms with Crippen molar-refractivity contribution in [3.05, 3.63) is 16.8 Å². The molecule has 0 amide bonds. The van der Waals surface area contributed by atoms with Gasteiger partial charge in [-0.15, -0.1) is 0 Å². The number of nitrogen functional groups attached to an aromatic ring is 1. The molecular weight excluding hydrogens is 282 g/mol. The first kappa shape index (κ1) is 13.9. The molecule has 0 radical (unpaired) electrons. The van der Waals surface area contributed by atoms with Crippen molar-refractivity contribution in [2.45, 2.75) is 24.4 Å². The molecule has 3 rings (SSSR count). The van der Waals surface area contributed by atoms with Gasteiger partial charge in [-0.05, 0) is 0 Å². The van der Waals surface area contributed by atoms with Crippen LogP contribution in [0.2, 0.25) is 0 Å². The number of nitrogens with one attached hydrogen (secondary N) is 1. The van der Waals surface area contributed by atoms with Gasteiger partial charge in [-0.1, -0.05) is 0 Å². The maximum atomic E-state index is 12.1. The molecule has 2 unspecified atom stereocenters. The van der Waals surface area contributed by atoms with Crippen molar-refractivity contribution in [3.63, 3.8) is 0 Å². The molecular formula is C11H15N5O5. The summed E-state index contributed by atoms with van der Waals surface area (Å²) < 4.78 is 6.41. The molecule has 6 N–H and O–H groups in total. The van der Waals surface area contributed by atoms with Crippen molar-refractivity contribution >= 4 is 17.0 Å². The third kappa shape index (κ3) is 2.00. The molecule has 114 valence electrons. The lowest BCUT2D eigenvalue weighted by Crippen LogP contribution is -2.44. The molecule has 2 aromatic rings. The summed E-state index contributed by atoms with van der Waals surface area (Å²) in [5.74, 6) is 0.0916. The number of H-pyrrole nitrogens is 1. The number of aliphatic hydroxyl groups is 3. The van der Waals surface area contributed by atoms with Crippen LogP contribution < -0.4 is 11.4 Å². The van der Waals surface area contributed by atoms with Gasteiger partial charge in [-0.25, -0.2) is 19.3 Å². The van der Waals surface area contributed by atoms with Crippen molar-refractivity contribution in [1.29, 1.82) is 0 Å². The maximum absolute atomic E-state index is 12.1. The first-order valence-corrected chi connectivity index (χ1v) is 6.31. The summed E-state index contributed by atoms with van der Waals surface area (Å²) in [6.45, 7) is -0.527. The van der Waals surface area contributed by atoms with Crippen LogP contribution in [0.25, 0.3) is 11.2 Å². The molecule has 1 fully saturated rings. The van der Waals surface area contributed by atoms with Crippen molar-refractivity contribution in [3.8, 4) is 0 Å². The Balaban J connectivity index is 2.08. The van der Waals surface area contributed by atoms with Gasteiger partial charge >= 0.3 is 5.69 Å². The molecule has 3 heterocycles. The summed E-state index contributed by atoms with van der Waals surface area (Å²) in [5, 5.41) is 29.4. The lowest BCUT2D eigenvalue weighted by Gasteiger charge is -2.25. The predicted molar refractivity (Wildman–Crippen MR) is 70.2 cm³/mol. The van der Waals surface area contributed by atoms with E-state index in [0.717, 1.165) is 4.57 Å². The number of fused-ring (bicyclic) bond motifs is 1. The number of aromatic nitrogens is 4. The number of anilines is 1. The van der Waals surface area contributed by atoms with Crippen molar-refractivity contribution in [2.75, 3.05) is 18.9 Å². The minimum atomic E-state index is -1.62. The minimum absolute atomic E-state index is 0.0705. The number of ether oxygens (including phenoxy) is 1. The molecule has 0 spiro atoms. The molecule has 0 bridgehead atoms. The highest BCUT2D eigenvalue weighted by Gasteiger charge is 2.49. The quantitative estimate of drug-likeness (QED) is 0.423. The minimum Gasteiger partial charge on any atom is -0.396 e. The Hall–Kier alpha value is -2.01. The fraction of sp³-hybridized carbons (Fsp3) is 0.545. The van der Waals surface area contributed by atoms with E-state index >= 15 is 0 Å².